The Bertz CT molecular complexity index is 1580. The van der Waals surface area contributed by atoms with E-state index in [1.165, 1.54) is 6.26 Å². The van der Waals surface area contributed by atoms with Crippen molar-refractivity contribution in [3.8, 4) is 11.6 Å². The second-order valence-electron chi connectivity index (χ2n) is 11.3. The molecule has 1 aromatic carbocycles. The monoisotopic (exact) mass is 635 g/mol. The summed E-state index contributed by atoms with van der Waals surface area (Å²) in [4.78, 5) is 42.1. The number of ether oxygens (including phenoxy) is 1. The molecule has 1 aliphatic heterocycles. The van der Waals surface area contributed by atoms with E-state index in [0.29, 0.717) is 56.5 Å². The highest BCUT2D eigenvalue weighted by molar-refractivity contribution is 7.90. The molecule has 13 nitrogen and oxygen atoms in total. The molecule has 3 N–H and O–H groups in total. The summed E-state index contributed by atoms with van der Waals surface area (Å²) in [6.07, 6.45) is 8.64. The number of anilines is 1. The zero-order chi connectivity index (χ0) is 30.6. The molecule has 1 aliphatic carbocycles. The molecule has 1 saturated carbocycles. The zero-order valence-electron chi connectivity index (χ0n) is 24.0. The highest BCUT2D eigenvalue weighted by Crippen LogP contribution is 2.40. The lowest BCUT2D eigenvalue weighted by Crippen LogP contribution is -2.44. The molecule has 0 bridgehead atoms. The number of phosphoric acid groups is 1. The second kappa shape index (κ2) is 13.3. The minimum Gasteiger partial charge on any atom is -0.493 e. The SMILES string of the molecule is CS(=O)(=O)CCCOc1cccc2c1ccn2-c1ccnc(N[C@H]2CC[C@H](C(=O)N3CCC(OP(=O)(O)O)CC3)CC2)n1. The zero-order valence-corrected chi connectivity index (χ0v) is 25.8. The van der Waals surface area contributed by atoms with Gasteiger partial charge in [-0.3, -0.25) is 9.32 Å². The largest absolute Gasteiger partial charge is 0.493 e. The lowest BCUT2D eigenvalue weighted by Gasteiger charge is -2.36. The smallest absolute Gasteiger partial charge is 0.469 e. The predicted molar refractivity (Wildman–Crippen MR) is 161 cm³/mol. The molecule has 0 atom stereocenters. The van der Waals surface area contributed by atoms with Crippen molar-refractivity contribution >= 4 is 40.4 Å². The first-order chi connectivity index (χ1) is 20.4. The van der Waals surface area contributed by atoms with Crippen molar-refractivity contribution in [1.29, 1.82) is 0 Å². The number of benzene rings is 1. The molecule has 43 heavy (non-hydrogen) atoms. The van der Waals surface area contributed by atoms with Crippen molar-refractivity contribution in [2.24, 2.45) is 5.92 Å². The van der Waals surface area contributed by atoms with Gasteiger partial charge in [-0.25, -0.2) is 18.0 Å². The number of sulfone groups is 1. The number of nitrogens with one attached hydrogen (secondary N) is 1. The first-order valence-electron chi connectivity index (χ1n) is 14.5. The summed E-state index contributed by atoms with van der Waals surface area (Å²) in [5, 5.41) is 4.33. The van der Waals surface area contributed by atoms with Gasteiger partial charge in [0.15, 0.2) is 0 Å². The Kier molecular flexibility index (Phi) is 9.72. The van der Waals surface area contributed by atoms with Gasteiger partial charge in [0.25, 0.3) is 0 Å². The molecule has 0 radical (unpaired) electrons. The summed E-state index contributed by atoms with van der Waals surface area (Å²) >= 11 is 0. The van der Waals surface area contributed by atoms with Gasteiger partial charge in [-0.05, 0) is 69.2 Å². The number of fused-ring (bicyclic) bond motifs is 1. The number of aromatic nitrogens is 3. The third-order valence-corrected chi connectivity index (χ3v) is 9.55. The third-order valence-electron chi connectivity index (χ3n) is 7.95. The van der Waals surface area contributed by atoms with Crippen LogP contribution in [0.5, 0.6) is 5.75 Å². The summed E-state index contributed by atoms with van der Waals surface area (Å²) in [6, 6.07) is 9.64. The molecule has 2 fully saturated rings. The summed E-state index contributed by atoms with van der Waals surface area (Å²) in [5.74, 6) is 1.99. The van der Waals surface area contributed by atoms with Gasteiger partial charge in [0.1, 0.15) is 21.4 Å². The molecule has 3 heterocycles. The summed E-state index contributed by atoms with van der Waals surface area (Å²) < 4.78 is 46.5. The first kappa shape index (κ1) is 31.4. The predicted octanol–water partition coefficient (Wildman–Crippen LogP) is 3.31. The van der Waals surface area contributed by atoms with E-state index < -0.39 is 23.8 Å². The van der Waals surface area contributed by atoms with E-state index in [9.17, 15) is 17.8 Å². The Hall–Kier alpha value is -3.03. The first-order valence-corrected chi connectivity index (χ1v) is 18.1. The van der Waals surface area contributed by atoms with Gasteiger partial charge in [0, 0.05) is 49.1 Å². The van der Waals surface area contributed by atoms with E-state index in [4.69, 9.17) is 24.0 Å². The van der Waals surface area contributed by atoms with Gasteiger partial charge < -0.3 is 29.3 Å². The van der Waals surface area contributed by atoms with Gasteiger partial charge in [-0.1, -0.05) is 6.07 Å². The van der Waals surface area contributed by atoms with Crippen molar-refractivity contribution in [2.45, 2.75) is 57.1 Å². The average molecular weight is 636 g/mol. The molecule has 1 amide bonds. The van der Waals surface area contributed by atoms with Crippen molar-refractivity contribution in [1.82, 2.24) is 19.4 Å². The molecule has 234 valence electrons. The minimum atomic E-state index is -4.52. The van der Waals surface area contributed by atoms with Gasteiger partial charge >= 0.3 is 7.82 Å². The molecule has 5 rings (SSSR count). The Balaban J connectivity index is 1.15. The molecule has 2 aliphatic rings. The quantitative estimate of drug-likeness (QED) is 0.208. The van der Waals surface area contributed by atoms with Crippen LogP contribution in [0.3, 0.4) is 0 Å². The van der Waals surface area contributed by atoms with Crippen LogP contribution >= 0.6 is 7.82 Å². The van der Waals surface area contributed by atoms with Gasteiger partial charge in [-0.15, -0.1) is 0 Å². The molecule has 15 heteroatoms. The molecule has 3 aromatic rings. The molecule has 0 spiro atoms. The lowest BCUT2D eigenvalue weighted by molar-refractivity contribution is -0.138. The number of hydrogen-bond donors (Lipinski definition) is 3. The average Bonchev–Trinajstić information content (AvgIpc) is 3.40. The van der Waals surface area contributed by atoms with Gasteiger partial charge in [-0.2, -0.15) is 4.98 Å². The Morgan fingerprint density at radius 1 is 1.09 bits per heavy atom. The maximum absolute atomic E-state index is 13.1. The molecule has 1 saturated heterocycles. The van der Waals surface area contributed by atoms with Crippen LogP contribution in [0.2, 0.25) is 0 Å². The van der Waals surface area contributed by atoms with Crippen LogP contribution < -0.4 is 10.1 Å². The normalized spacial score (nSPS) is 20.3. The number of rotatable bonds is 11. The molecular formula is C28H38N5O8PS. The fourth-order valence-electron chi connectivity index (χ4n) is 5.82. The summed E-state index contributed by atoms with van der Waals surface area (Å²) in [5.41, 5.74) is 0.904. The van der Waals surface area contributed by atoms with Crippen LogP contribution in [-0.2, 0) is 23.7 Å². The van der Waals surface area contributed by atoms with Crippen LogP contribution in [0, 0.1) is 5.92 Å². The van der Waals surface area contributed by atoms with E-state index >= 15 is 0 Å². The Labute approximate surface area is 250 Å². The van der Waals surface area contributed by atoms with Crippen LogP contribution in [0.25, 0.3) is 16.7 Å². The van der Waals surface area contributed by atoms with Crippen molar-refractivity contribution < 1.29 is 36.8 Å². The number of nitrogens with zero attached hydrogens (tertiary/aromatic N) is 4. The number of phosphoric ester groups is 1. The van der Waals surface area contributed by atoms with Crippen molar-refractivity contribution in [3.05, 3.63) is 42.7 Å². The number of hydrogen-bond acceptors (Lipinski definition) is 9. The molecular weight excluding hydrogens is 597 g/mol. The van der Waals surface area contributed by atoms with Crippen LogP contribution in [0.1, 0.15) is 44.9 Å². The summed E-state index contributed by atoms with van der Waals surface area (Å²) in [6.45, 7) is 1.18. The fourth-order valence-corrected chi connectivity index (χ4v) is 7.06. The Morgan fingerprint density at radius 3 is 2.53 bits per heavy atom. The van der Waals surface area contributed by atoms with Crippen LogP contribution in [-0.4, -0.2) is 87.4 Å². The van der Waals surface area contributed by atoms with Crippen molar-refractivity contribution in [2.75, 3.05) is 37.0 Å². The maximum Gasteiger partial charge on any atom is 0.469 e. The number of likely N-dealkylation sites (tertiary alicyclic amines) is 1. The lowest BCUT2D eigenvalue weighted by atomic mass is 9.85. The van der Waals surface area contributed by atoms with E-state index in [2.05, 4.69) is 10.3 Å². The highest BCUT2D eigenvalue weighted by atomic mass is 32.2. The van der Waals surface area contributed by atoms with Gasteiger partial charge in [0.2, 0.25) is 11.9 Å². The number of piperidine rings is 1. The van der Waals surface area contributed by atoms with Crippen molar-refractivity contribution in [3.63, 3.8) is 0 Å². The van der Waals surface area contributed by atoms with E-state index in [0.717, 1.165) is 36.6 Å². The van der Waals surface area contributed by atoms with E-state index in [-0.39, 0.29) is 23.6 Å². The van der Waals surface area contributed by atoms with Gasteiger partial charge in [0.05, 0.1) is 24.0 Å². The maximum atomic E-state index is 13.1. The standard InChI is InChI=1S/C28H38N5O8PS/c1-43(38,39)19-3-18-40-25-5-2-4-24-23(25)13-17-33(24)26-10-14-29-28(31-26)30-21-8-6-20(7-9-21)27(34)32-15-11-22(12-16-32)41-42(35,36)37/h2,4-5,10,13-14,17,20-22H,3,6-9,11-12,15-16,18-19H2,1H3,(H,29,30,31)(H2,35,36,37)/t20-,21-. The topological polar surface area (TPSA) is 173 Å². The fraction of sp³-hybridized carbons (Fsp3) is 0.536. The highest BCUT2D eigenvalue weighted by Gasteiger charge is 2.33. The van der Waals surface area contributed by atoms with Crippen LogP contribution in [0.4, 0.5) is 5.95 Å². The van der Waals surface area contributed by atoms with E-state index in [1.807, 2.05) is 41.1 Å². The van der Waals surface area contributed by atoms with E-state index in [1.54, 1.807) is 11.1 Å². The third kappa shape index (κ3) is 8.54. The molecule has 2 aromatic heterocycles. The summed E-state index contributed by atoms with van der Waals surface area (Å²) in [7, 11) is -7.55. The number of amides is 1. The number of carbonyl (C=O) groups is 1. The minimum absolute atomic E-state index is 0.0708. The Morgan fingerprint density at radius 2 is 1.84 bits per heavy atom. The second-order valence-corrected chi connectivity index (χ2v) is 14.7. The van der Waals surface area contributed by atoms with Crippen LogP contribution in [0.15, 0.2) is 42.7 Å². The molecule has 0 unspecified atom stereocenters. The number of carbonyl (C=O) groups excluding carboxylic acids is 1.